The number of carbonyl (C=O) groups excluding carboxylic acids is 2. The number of halogens is 3. The zero-order valence-electron chi connectivity index (χ0n) is 22.0. The second-order valence-corrected chi connectivity index (χ2v) is 12.3. The summed E-state index contributed by atoms with van der Waals surface area (Å²) in [5.41, 5.74) is 2.60. The first-order chi connectivity index (χ1) is 19.8. The van der Waals surface area contributed by atoms with Gasteiger partial charge in [0.1, 0.15) is 17.2 Å². The molecular weight excluding hydrogens is 578 g/mol. The van der Waals surface area contributed by atoms with Crippen LogP contribution in [0.2, 0.25) is 10.0 Å². The van der Waals surface area contributed by atoms with E-state index in [1.165, 1.54) is 13.2 Å². The average molecular weight is 608 g/mol. The molecule has 3 aromatic carbocycles. The van der Waals surface area contributed by atoms with Crippen LogP contribution in [0.1, 0.15) is 59.4 Å². The predicted molar refractivity (Wildman–Crippen MR) is 160 cm³/mol. The molecule has 1 saturated heterocycles. The molecule has 0 unspecified atom stereocenters. The molecule has 1 N–H and O–H groups in total. The predicted octanol–water partition coefficient (Wildman–Crippen LogP) is 6.73. The Morgan fingerprint density at radius 3 is 2.74 bits per heavy atom. The minimum Gasteiger partial charge on any atom is -0.465 e. The molecule has 1 aliphatic carbocycles. The summed E-state index contributed by atoms with van der Waals surface area (Å²) in [4.78, 5) is 34.0. The summed E-state index contributed by atoms with van der Waals surface area (Å²) in [6.45, 7) is 1.29. The number of likely N-dealkylation sites (tertiary alicyclic amines) is 1. The summed E-state index contributed by atoms with van der Waals surface area (Å²) in [7, 11) is 1.35. The molecule has 2 fully saturated rings. The molecule has 216 valence electrons. The van der Waals surface area contributed by atoms with Crippen LogP contribution in [0.4, 0.5) is 10.1 Å². The lowest BCUT2D eigenvalue weighted by Crippen LogP contribution is -2.53. The molecule has 4 aliphatic rings. The normalized spacial score (nSPS) is 25.7. The molecule has 7 nitrogen and oxygen atoms in total. The highest BCUT2D eigenvalue weighted by Crippen LogP contribution is 2.65. The number of rotatable bonds is 4. The Morgan fingerprint density at radius 1 is 1.17 bits per heavy atom. The number of hydrogen-bond donors (Lipinski definition) is 1. The smallest absolute Gasteiger partial charge is 0.337 e. The van der Waals surface area contributed by atoms with Crippen molar-refractivity contribution in [1.82, 2.24) is 14.5 Å². The van der Waals surface area contributed by atoms with Crippen LogP contribution in [0.15, 0.2) is 54.6 Å². The standard InChI is InChI=1S/C31H25Cl2FN4O3.CH4/c1-41-29(39)16-7-10-23-22(11-16)35-28-25-24(14-37(23)28)38(13-15-5-6-15)31(26(25)18-3-2-4-20(33)27(18)34)19-9-8-17(32)12-21(19)36-30(31)40;/h2-4,7-12,15,24-26H,5-6,13-14H2,1H3,(H,36,40);1H4/t24-,25+,26-,31+;/m0./s1. The number of benzene rings is 3. The summed E-state index contributed by atoms with van der Waals surface area (Å²) in [5.74, 6) is -0.858. The second-order valence-electron chi connectivity index (χ2n) is 11.5. The molecule has 4 atom stereocenters. The number of anilines is 1. The molecule has 42 heavy (non-hydrogen) atoms. The van der Waals surface area contributed by atoms with Gasteiger partial charge in [-0.25, -0.2) is 14.2 Å². The number of ether oxygens (including phenoxy) is 1. The molecule has 8 rings (SSSR count). The maximum atomic E-state index is 16.1. The van der Waals surface area contributed by atoms with E-state index in [9.17, 15) is 9.59 Å². The maximum absolute atomic E-state index is 16.1. The Balaban J connectivity index is 0.00000288. The van der Waals surface area contributed by atoms with Gasteiger partial charge >= 0.3 is 5.97 Å². The Morgan fingerprint density at radius 2 is 1.98 bits per heavy atom. The first-order valence-electron chi connectivity index (χ1n) is 13.7. The largest absolute Gasteiger partial charge is 0.465 e. The summed E-state index contributed by atoms with van der Waals surface area (Å²) in [6.07, 6.45) is 2.19. The fraction of sp³-hybridized carbons (Fsp3) is 0.344. The average Bonchev–Trinajstić information content (AvgIpc) is 3.41. The quantitative estimate of drug-likeness (QED) is 0.261. The number of aromatic nitrogens is 2. The molecule has 10 heteroatoms. The number of imidazole rings is 1. The Hall–Kier alpha value is -3.46. The minimum absolute atomic E-state index is 0. The van der Waals surface area contributed by atoms with E-state index >= 15 is 4.39 Å². The molecule has 1 saturated carbocycles. The highest BCUT2D eigenvalue weighted by atomic mass is 35.5. The van der Waals surface area contributed by atoms with Gasteiger partial charge in [-0.15, -0.1) is 0 Å². The number of nitrogens with one attached hydrogen (secondary N) is 1. The van der Waals surface area contributed by atoms with Gasteiger partial charge in [0.05, 0.1) is 28.7 Å². The number of esters is 1. The zero-order valence-corrected chi connectivity index (χ0v) is 23.5. The molecule has 3 aliphatic heterocycles. The summed E-state index contributed by atoms with van der Waals surface area (Å²) in [6, 6.07) is 15.7. The molecule has 0 radical (unpaired) electrons. The van der Waals surface area contributed by atoms with Crippen LogP contribution in [0.5, 0.6) is 0 Å². The van der Waals surface area contributed by atoms with Crippen molar-refractivity contribution >= 4 is 51.8 Å². The van der Waals surface area contributed by atoms with E-state index in [1.807, 2.05) is 12.1 Å². The summed E-state index contributed by atoms with van der Waals surface area (Å²) < 4.78 is 23.2. The number of fused-ring (bicyclic) bond motifs is 7. The third kappa shape index (κ3) is 3.58. The molecule has 1 aromatic heterocycles. The monoisotopic (exact) mass is 606 g/mol. The van der Waals surface area contributed by atoms with Crippen molar-refractivity contribution in [2.45, 2.75) is 50.2 Å². The fourth-order valence-corrected chi connectivity index (χ4v) is 7.95. The SMILES string of the molecule is C.COC(=O)c1ccc2c(c1)nc1n2C[C@H]2[C@@H]1[C@H](c1cccc(Cl)c1F)[C@]1(C(=O)Nc3cc(Cl)ccc31)N2CC1CC1. The van der Waals surface area contributed by atoms with E-state index in [1.54, 1.807) is 36.4 Å². The van der Waals surface area contributed by atoms with Crippen LogP contribution in [0, 0.1) is 11.7 Å². The van der Waals surface area contributed by atoms with E-state index in [0.29, 0.717) is 46.4 Å². The highest BCUT2D eigenvalue weighted by Gasteiger charge is 2.69. The van der Waals surface area contributed by atoms with Crippen molar-refractivity contribution < 1.29 is 18.7 Å². The lowest BCUT2D eigenvalue weighted by molar-refractivity contribution is -0.128. The molecule has 0 bridgehead atoms. The van der Waals surface area contributed by atoms with Crippen LogP contribution in [-0.4, -0.2) is 46.0 Å². The lowest BCUT2D eigenvalue weighted by atomic mass is 9.71. The molecule has 1 spiro atoms. The second kappa shape index (κ2) is 9.53. The number of carbonyl (C=O) groups is 2. The van der Waals surface area contributed by atoms with E-state index < -0.39 is 23.2 Å². The molecule has 4 heterocycles. The van der Waals surface area contributed by atoms with Crippen LogP contribution >= 0.6 is 23.2 Å². The number of hydrogen-bond acceptors (Lipinski definition) is 5. The lowest BCUT2D eigenvalue weighted by Gasteiger charge is -2.40. The van der Waals surface area contributed by atoms with Crippen molar-refractivity contribution in [1.29, 1.82) is 0 Å². The van der Waals surface area contributed by atoms with Gasteiger partial charge in [0.2, 0.25) is 5.91 Å². The number of methoxy groups -OCH3 is 1. The van der Waals surface area contributed by atoms with E-state index in [2.05, 4.69) is 14.8 Å². The van der Waals surface area contributed by atoms with Crippen LogP contribution < -0.4 is 5.32 Å². The van der Waals surface area contributed by atoms with Gasteiger partial charge in [-0.3, -0.25) is 9.69 Å². The zero-order chi connectivity index (χ0) is 28.2. The Kier molecular flexibility index (Phi) is 6.21. The van der Waals surface area contributed by atoms with Gasteiger partial charge in [-0.1, -0.05) is 48.8 Å². The van der Waals surface area contributed by atoms with Crippen molar-refractivity contribution in [2.24, 2.45) is 5.92 Å². The summed E-state index contributed by atoms with van der Waals surface area (Å²) >= 11 is 12.7. The van der Waals surface area contributed by atoms with Gasteiger partial charge in [0, 0.05) is 47.2 Å². The van der Waals surface area contributed by atoms with E-state index in [4.69, 9.17) is 32.9 Å². The number of amides is 1. The Bertz CT molecular complexity index is 1800. The van der Waals surface area contributed by atoms with Gasteiger partial charge in [-0.2, -0.15) is 0 Å². The first-order valence-corrected chi connectivity index (χ1v) is 14.5. The van der Waals surface area contributed by atoms with Gasteiger partial charge in [-0.05, 0) is 60.7 Å². The van der Waals surface area contributed by atoms with Crippen molar-refractivity contribution in [3.63, 3.8) is 0 Å². The van der Waals surface area contributed by atoms with Crippen molar-refractivity contribution in [2.75, 3.05) is 19.0 Å². The fourth-order valence-electron chi connectivity index (χ4n) is 7.60. The van der Waals surface area contributed by atoms with Crippen molar-refractivity contribution in [3.8, 4) is 0 Å². The number of nitrogens with zero attached hydrogens (tertiary/aromatic N) is 3. The minimum atomic E-state index is -1.18. The third-order valence-electron chi connectivity index (χ3n) is 9.40. The molecular formula is C32H29Cl2FN4O3. The van der Waals surface area contributed by atoms with Gasteiger partial charge in [0.15, 0.2) is 0 Å². The van der Waals surface area contributed by atoms with Crippen LogP contribution in [0.25, 0.3) is 11.0 Å². The molecule has 1 amide bonds. The van der Waals surface area contributed by atoms with Crippen LogP contribution in [-0.2, 0) is 21.6 Å². The van der Waals surface area contributed by atoms with Crippen LogP contribution in [0.3, 0.4) is 0 Å². The third-order valence-corrected chi connectivity index (χ3v) is 9.93. The van der Waals surface area contributed by atoms with Crippen molar-refractivity contribution in [3.05, 3.63) is 93.0 Å². The first kappa shape index (κ1) is 27.4. The van der Waals surface area contributed by atoms with Gasteiger partial charge in [0.25, 0.3) is 0 Å². The van der Waals surface area contributed by atoms with Gasteiger partial charge < -0.3 is 14.6 Å². The summed E-state index contributed by atoms with van der Waals surface area (Å²) in [5, 5.41) is 3.62. The van der Waals surface area contributed by atoms with E-state index in [0.717, 1.165) is 29.7 Å². The Labute approximate surface area is 252 Å². The topological polar surface area (TPSA) is 76.5 Å². The van der Waals surface area contributed by atoms with E-state index in [-0.39, 0.29) is 30.3 Å². The molecule has 4 aromatic rings. The maximum Gasteiger partial charge on any atom is 0.337 e. The highest BCUT2D eigenvalue weighted by molar-refractivity contribution is 6.31.